The minimum atomic E-state index is -0.0405. The first-order valence-corrected chi connectivity index (χ1v) is 6.86. The second-order valence-electron chi connectivity index (χ2n) is 5.53. The molecular formula is C15H21N3O2. The summed E-state index contributed by atoms with van der Waals surface area (Å²) in [5.41, 5.74) is 8.04. The highest BCUT2D eigenvalue weighted by Crippen LogP contribution is 2.28. The Balaban J connectivity index is 2.10. The number of nitrogens with two attached hydrogens (primary N) is 1. The van der Waals surface area contributed by atoms with Gasteiger partial charge in [0, 0.05) is 12.0 Å². The van der Waals surface area contributed by atoms with E-state index >= 15 is 0 Å². The number of oxime groups is 1. The summed E-state index contributed by atoms with van der Waals surface area (Å²) in [7, 11) is 0. The van der Waals surface area contributed by atoms with Gasteiger partial charge in [-0.1, -0.05) is 29.4 Å². The van der Waals surface area contributed by atoms with E-state index < -0.39 is 0 Å². The van der Waals surface area contributed by atoms with Crippen LogP contribution in [0.3, 0.4) is 0 Å². The Labute approximate surface area is 119 Å². The van der Waals surface area contributed by atoms with Gasteiger partial charge in [-0.25, -0.2) is 0 Å². The highest BCUT2D eigenvalue weighted by Gasteiger charge is 2.31. The molecule has 0 heterocycles. The van der Waals surface area contributed by atoms with Crippen LogP contribution in [-0.2, 0) is 17.6 Å². The third kappa shape index (κ3) is 2.92. The molecule has 1 aliphatic carbocycles. The maximum atomic E-state index is 12.6. The summed E-state index contributed by atoms with van der Waals surface area (Å²) < 4.78 is 0. The number of rotatable bonds is 4. The van der Waals surface area contributed by atoms with Crippen molar-refractivity contribution >= 4 is 11.7 Å². The van der Waals surface area contributed by atoms with Gasteiger partial charge >= 0.3 is 0 Å². The van der Waals surface area contributed by atoms with Crippen molar-refractivity contribution in [3.05, 3.63) is 35.4 Å². The zero-order valence-electron chi connectivity index (χ0n) is 11.9. The number of carbonyl (C=O) groups is 1. The molecule has 5 nitrogen and oxygen atoms in total. The number of amidine groups is 1. The van der Waals surface area contributed by atoms with Crippen LogP contribution in [0.15, 0.2) is 29.4 Å². The van der Waals surface area contributed by atoms with Crippen LogP contribution in [0.25, 0.3) is 0 Å². The molecule has 0 radical (unpaired) electrons. The standard InChI is InChI=1S/C15H21N3O2/c1-10(2)18(9-14(16)17-20)15(19)13-7-11-5-3-4-6-12(11)8-13/h3-6,10,13,20H,7-9H2,1-2H3,(H2,16,17). The maximum Gasteiger partial charge on any atom is 0.226 e. The Morgan fingerprint density at radius 3 is 2.40 bits per heavy atom. The summed E-state index contributed by atoms with van der Waals surface area (Å²) in [5.74, 6) is 0.0895. The molecule has 5 heteroatoms. The number of fused-ring (bicyclic) bond motifs is 1. The average Bonchev–Trinajstić information content (AvgIpc) is 2.87. The average molecular weight is 275 g/mol. The molecule has 20 heavy (non-hydrogen) atoms. The zero-order chi connectivity index (χ0) is 14.7. The molecule has 0 saturated carbocycles. The second kappa shape index (κ2) is 5.94. The molecule has 0 saturated heterocycles. The molecule has 0 bridgehead atoms. The van der Waals surface area contributed by atoms with E-state index in [1.165, 1.54) is 11.1 Å². The van der Waals surface area contributed by atoms with Crippen molar-refractivity contribution in [3.63, 3.8) is 0 Å². The van der Waals surface area contributed by atoms with Gasteiger partial charge in [0.05, 0.1) is 6.54 Å². The van der Waals surface area contributed by atoms with Crippen molar-refractivity contribution in [2.75, 3.05) is 6.54 Å². The fourth-order valence-corrected chi connectivity index (χ4v) is 2.69. The smallest absolute Gasteiger partial charge is 0.226 e. The highest BCUT2D eigenvalue weighted by molar-refractivity contribution is 5.88. The van der Waals surface area contributed by atoms with E-state index in [0.29, 0.717) is 0 Å². The predicted octanol–water partition coefficient (Wildman–Crippen LogP) is 1.38. The Morgan fingerprint density at radius 1 is 1.40 bits per heavy atom. The first-order chi connectivity index (χ1) is 9.52. The van der Waals surface area contributed by atoms with Gasteiger partial charge < -0.3 is 15.8 Å². The fraction of sp³-hybridized carbons (Fsp3) is 0.467. The molecule has 2 rings (SSSR count). The van der Waals surface area contributed by atoms with Gasteiger partial charge in [0.2, 0.25) is 5.91 Å². The van der Waals surface area contributed by atoms with Gasteiger partial charge in [0.15, 0.2) is 5.84 Å². The SMILES string of the molecule is CC(C)N(C/C(N)=N/O)C(=O)C1Cc2ccccc2C1. The van der Waals surface area contributed by atoms with Gasteiger partial charge in [-0.05, 0) is 37.8 Å². The van der Waals surface area contributed by atoms with Crippen LogP contribution in [0.5, 0.6) is 0 Å². The molecule has 1 aromatic rings. The van der Waals surface area contributed by atoms with Crippen molar-refractivity contribution in [1.82, 2.24) is 4.90 Å². The van der Waals surface area contributed by atoms with Gasteiger partial charge in [-0.3, -0.25) is 4.79 Å². The van der Waals surface area contributed by atoms with Crippen molar-refractivity contribution in [3.8, 4) is 0 Å². The first kappa shape index (κ1) is 14.4. The number of hydrogen-bond acceptors (Lipinski definition) is 3. The number of amides is 1. The Hall–Kier alpha value is -2.04. The van der Waals surface area contributed by atoms with Crippen LogP contribution >= 0.6 is 0 Å². The molecule has 0 unspecified atom stereocenters. The van der Waals surface area contributed by atoms with Crippen LogP contribution in [0.2, 0.25) is 0 Å². The quantitative estimate of drug-likeness (QED) is 0.377. The molecule has 108 valence electrons. The summed E-state index contributed by atoms with van der Waals surface area (Å²) in [6, 6.07) is 8.18. The third-order valence-corrected chi connectivity index (χ3v) is 3.77. The molecule has 1 aromatic carbocycles. The van der Waals surface area contributed by atoms with Crippen molar-refractivity contribution in [1.29, 1.82) is 0 Å². The normalized spacial score (nSPS) is 15.4. The summed E-state index contributed by atoms with van der Waals surface area (Å²) in [5, 5.41) is 11.6. The van der Waals surface area contributed by atoms with E-state index in [0.717, 1.165) is 12.8 Å². The maximum absolute atomic E-state index is 12.6. The zero-order valence-corrected chi connectivity index (χ0v) is 11.9. The van der Waals surface area contributed by atoms with Crippen LogP contribution in [0.1, 0.15) is 25.0 Å². The lowest BCUT2D eigenvalue weighted by Gasteiger charge is -2.28. The number of benzene rings is 1. The van der Waals surface area contributed by atoms with Gasteiger partial charge in [-0.15, -0.1) is 0 Å². The summed E-state index contributed by atoms with van der Waals surface area (Å²) >= 11 is 0. The largest absolute Gasteiger partial charge is 0.409 e. The number of nitrogens with zero attached hydrogens (tertiary/aromatic N) is 2. The van der Waals surface area contributed by atoms with Crippen LogP contribution in [-0.4, -0.2) is 34.4 Å². The Bertz CT molecular complexity index is 501. The fourth-order valence-electron chi connectivity index (χ4n) is 2.69. The topological polar surface area (TPSA) is 78.9 Å². The van der Waals surface area contributed by atoms with E-state index in [9.17, 15) is 4.79 Å². The van der Waals surface area contributed by atoms with E-state index in [1.54, 1.807) is 4.90 Å². The van der Waals surface area contributed by atoms with E-state index in [2.05, 4.69) is 17.3 Å². The Morgan fingerprint density at radius 2 is 1.95 bits per heavy atom. The van der Waals surface area contributed by atoms with Gasteiger partial charge in [0.25, 0.3) is 0 Å². The molecule has 0 spiro atoms. The van der Waals surface area contributed by atoms with E-state index in [1.807, 2.05) is 26.0 Å². The molecule has 0 atom stereocenters. The molecule has 0 aliphatic heterocycles. The van der Waals surface area contributed by atoms with E-state index in [4.69, 9.17) is 10.9 Å². The number of carbonyl (C=O) groups excluding carboxylic acids is 1. The monoisotopic (exact) mass is 275 g/mol. The van der Waals surface area contributed by atoms with Crippen molar-refractivity contribution in [2.45, 2.75) is 32.7 Å². The molecule has 1 amide bonds. The lowest BCUT2D eigenvalue weighted by atomic mass is 10.0. The second-order valence-corrected chi connectivity index (χ2v) is 5.53. The number of hydrogen-bond donors (Lipinski definition) is 2. The molecule has 0 aromatic heterocycles. The summed E-state index contributed by atoms with van der Waals surface area (Å²) in [6.07, 6.45) is 1.54. The summed E-state index contributed by atoms with van der Waals surface area (Å²) in [6.45, 7) is 4.04. The lowest BCUT2D eigenvalue weighted by molar-refractivity contribution is -0.136. The lowest BCUT2D eigenvalue weighted by Crippen LogP contribution is -2.45. The minimum Gasteiger partial charge on any atom is -0.409 e. The molecule has 1 aliphatic rings. The van der Waals surface area contributed by atoms with Crippen LogP contribution in [0, 0.1) is 5.92 Å². The molecule has 0 fully saturated rings. The van der Waals surface area contributed by atoms with Crippen molar-refractivity contribution < 1.29 is 10.0 Å². The van der Waals surface area contributed by atoms with Gasteiger partial charge in [0.1, 0.15) is 0 Å². The van der Waals surface area contributed by atoms with E-state index in [-0.39, 0.29) is 30.2 Å². The van der Waals surface area contributed by atoms with Crippen molar-refractivity contribution in [2.24, 2.45) is 16.8 Å². The third-order valence-electron chi connectivity index (χ3n) is 3.77. The first-order valence-electron chi connectivity index (χ1n) is 6.86. The highest BCUT2D eigenvalue weighted by atomic mass is 16.4. The molecule has 3 N–H and O–H groups in total. The van der Waals surface area contributed by atoms with Gasteiger partial charge in [-0.2, -0.15) is 0 Å². The minimum absolute atomic E-state index is 0.0199. The van der Waals surface area contributed by atoms with Crippen LogP contribution in [0.4, 0.5) is 0 Å². The van der Waals surface area contributed by atoms with Crippen LogP contribution < -0.4 is 5.73 Å². The predicted molar refractivity (Wildman–Crippen MR) is 77.6 cm³/mol. The Kier molecular flexibility index (Phi) is 4.27. The molecular weight excluding hydrogens is 254 g/mol. The summed E-state index contributed by atoms with van der Waals surface area (Å²) in [4.78, 5) is 14.3.